The second-order valence-corrected chi connectivity index (χ2v) is 7.53. The molecule has 0 bridgehead atoms. The number of carbonyl (C=O) groups excluding carboxylic acids is 2. The maximum absolute atomic E-state index is 12.2. The van der Waals surface area contributed by atoms with Gasteiger partial charge in [-0.2, -0.15) is 0 Å². The van der Waals surface area contributed by atoms with Crippen LogP contribution in [0.1, 0.15) is 54.4 Å². The number of hydrogen-bond donors (Lipinski definition) is 0. The Balaban J connectivity index is 1.38. The maximum atomic E-state index is 12.2. The first-order valence-electron chi connectivity index (χ1n) is 9.83. The molecular formula is C21H30N2O3. The van der Waals surface area contributed by atoms with E-state index in [0.29, 0.717) is 17.4 Å². The molecule has 1 aromatic carbocycles. The van der Waals surface area contributed by atoms with Crippen molar-refractivity contribution in [3.05, 3.63) is 35.4 Å². The van der Waals surface area contributed by atoms with Gasteiger partial charge in [-0.15, -0.1) is 0 Å². The molecule has 0 aliphatic carbocycles. The number of esters is 1. The third-order valence-electron chi connectivity index (χ3n) is 5.71. The highest BCUT2D eigenvalue weighted by molar-refractivity contribution is 5.89. The summed E-state index contributed by atoms with van der Waals surface area (Å²) < 4.78 is 4.73. The lowest BCUT2D eigenvalue weighted by Crippen LogP contribution is -2.34. The van der Waals surface area contributed by atoms with Gasteiger partial charge in [0.25, 0.3) is 0 Å². The summed E-state index contributed by atoms with van der Waals surface area (Å²) in [6.45, 7) is 5.02. The van der Waals surface area contributed by atoms with Crippen molar-refractivity contribution in [1.29, 1.82) is 0 Å². The van der Waals surface area contributed by atoms with E-state index in [1.54, 1.807) is 0 Å². The smallest absolute Gasteiger partial charge is 0.337 e. The lowest BCUT2D eigenvalue weighted by molar-refractivity contribution is -0.130. The lowest BCUT2D eigenvalue weighted by Gasteiger charge is -2.32. The second kappa shape index (κ2) is 9.17. The molecular weight excluding hydrogens is 328 g/mol. The number of piperidine rings is 1. The Morgan fingerprint density at radius 1 is 1.04 bits per heavy atom. The van der Waals surface area contributed by atoms with E-state index < -0.39 is 0 Å². The number of benzene rings is 1. The van der Waals surface area contributed by atoms with Crippen LogP contribution in [0.15, 0.2) is 24.3 Å². The normalized spacial score (nSPS) is 18.9. The van der Waals surface area contributed by atoms with E-state index in [1.165, 1.54) is 38.4 Å². The van der Waals surface area contributed by atoms with Gasteiger partial charge in [0.15, 0.2) is 0 Å². The summed E-state index contributed by atoms with van der Waals surface area (Å²) in [5.74, 6) is 0.746. The van der Waals surface area contributed by atoms with Crippen molar-refractivity contribution < 1.29 is 14.3 Å². The van der Waals surface area contributed by atoms with Crippen molar-refractivity contribution >= 4 is 11.9 Å². The number of carbonyl (C=O) groups is 2. The molecule has 1 aromatic rings. The van der Waals surface area contributed by atoms with Gasteiger partial charge in [0, 0.05) is 26.1 Å². The highest BCUT2D eigenvalue weighted by Gasteiger charge is 2.22. The van der Waals surface area contributed by atoms with Crippen LogP contribution in [0, 0.1) is 5.92 Å². The first kappa shape index (κ1) is 18.9. The molecule has 0 aromatic heterocycles. The Bertz CT molecular complexity index is 600. The number of methoxy groups -OCH3 is 1. The van der Waals surface area contributed by atoms with Crippen LogP contribution in [0.4, 0.5) is 0 Å². The molecule has 0 atom stereocenters. The van der Waals surface area contributed by atoms with Crippen LogP contribution in [0.25, 0.3) is 0 Å². The van der Waals surface area contributed by atoms with Crippen LogP contribution in [0.5, 0.6) is 0 Å². The Labute approximate surface area is 156 Å². The zero-order valence-corrected chi connectivity index (χ0v) is 15.8. The van der Waals surface area contributed by atoms with Gasteiger partial charge >= 0.3 is 5.97 Å². The van der Waals surface area contributed by atoms with Gasteiger partial charge in [0.1, 0.15) is 0 Å². The minimum absolute atomic E-state index is 0.291. The van der Waals surface area contributed by atoms with Gasteiger partial charge in [-0.05, 0) is 68.8 Å². The van der Waals surface area contributed by atoms with Crippen molar-refractivity contribution in [2.45, 2.75) is 45.1 Å². The fourth-order valence-corrected chi connectivity index (χ4v) is 4.01. The molecule has 5 heteroatoms. The van der Waals surface area contributed by atoms with E-state index in [9.17, 15) is 9.59 Å². The highest BCUT2D eigenvalue weighted by Crippen LogP contribution is 2.24. The van der Waals surface area contributed by atoms with Crippen LogP contribution in [-0.4, -0.2) is 55.0 Å². The summed E-state index contributed by atoms with van der Waals surface area (Å²) in [5.41, 5.74) is 1.82. The van der Waals surface area contributed by atoms with Crippen molar-refractivity contribution in [3.8, 4) is 0 Å². The van der Waals surface area contributed by atoms with Crippen LogP contribution in [-0.2, 0) is 16.1 Å². The van der Waals surface area contributed by atoms with E-state index in [-0.39, 0.29) is 5.97 Å². The molecule has 1 amide bonds. The predicted molar refractivity (Wildman–Crippen MR) is 101 cm³/mol. The Morgan fingerprint density at radius 3 is 2.31 bits per heavy atom. The van der Waals surface area contributed by atoms with Gasteiger partial charge < -0.3 is 9.64 Å². The predicted octanol–water partition coefficient (Wildman–Crippen LogP) is 3.09. The quantitative estimate of drug-likeness (QED) is 0.733. The molecule has 2 heterocycles. The van der Waals surface area contributed by atoms with E-state index in [1.807, 2.05) is 29.2 Å². The number of hydrogen-bond acceptors (Lipinski definition) is 4. The molecule has 0 radical (unpaired) electrons. The van der Waals surface area contributed by atoms with Crippen molar-refractivity contribution in [2.24, 2.45) is 5.92 Å². The SMILES string of the molecule is COC(=O)c1ccc(CN2CCC(CCC(=O)N3CCCC3)CC2)cc1. The fourth-order valence-electron chi connectivity index (χ4n) is 4.01. The summed E-state index contributed by atoms with van der Waals surface area (Å²) in [7, 11) is 1.40. The number of likely N-dealkylation sites (tertiary alicyclic amines) is 2. The third kappa shape index (κ3) is 5.07. The van der Waals surface area contributed by atoms with Gasteiger partial charge in [-0.1, -0.05) is 12.1 Å². The molecule has 0 unspecified atom stereocenters. The topological polar surface area (TPSA) is 49.9 Å². The average Bonchev–Trinajstić information content (AvgIpc) is 3.22. The Kier molecular flexibility index (Phi) is 6.67. The zero-order valence-electron chi connectivity index (χ0n) is 15.8. The van der Waals surface area contributed by atoms with Gasteiger partial charge in [-0.25, -0.2) is 4.79 Å². The van der Waals surface area contributed by atoms with Gasteiger partial charge in [0.05, 0.1) is 12.7 Å². The fraction of sp³-hybridized carbons (Fsp3) is 0.619. The number of rotatable bonds is 6. The molecule has 2 saturated heterocycles. The minimum atomic E-state index is -0.291. The summed E-state index contributed by atoms with van der Waals surface area (Å²) in [6, 6.07) is 7.68. The molecule has 142 valence electrons. The molecule has 0 N–H and O–H groups in total. The average molecular weight is 358 g/mol. The lowest BCUT2D eigenvalue weighted by atomic mass is 9.91. The molecule has 2 aliphatic heterocycles. The maximum Gasteiger partial charge on any atom is 0.337 e. The molecule has 2 fully saturated rings. The molecule has 2 aliphatic rings. The van der Waals surface area contributed by atoms with E-state index in [4.69, 9.17) is 4.74 Å². The minimum Gasteiger partial charge on any atom is -0.465 e. The molecule has 5 nitrogen and oxygen atoms in total. The van der Waals surface area contributed by atoms with Crippen molar-refractivity contribution in [2.75, 3.05) is 33.3 Å². The van der Waals surface area contributed by atoms with Crippen LogP contribution in [0.2, 0.25) is 0 Å². The summed E-state index contributed by atoms with van der Waals surface area (Å²) in [5, 5.41) is 0. The Hall–Kier alpha value is -1.88. The van der Waals surface area contributed by atoms with E-state index >= 15 is 0 Å². The summed E-state index contributed by atoms with van der Waals surface area (Å²) in [6.07, 6.45) is 6.45. The zero-order chi connectivity index (χ0) is 18.4. The van der Waals surface area contributed by atoms with E-state index in [0.717, 1.165) is 45.6 Å². The number of nitrogens with zero attached hydrogens (tertiary/aromatic N) is 2. The Morgan fingerprint density at radius 2 is 1.69 bits per heavy atom. The van der Waals surface area contributed by atoms with Crippen molar-refractivity contribution in [3.63, 3.8) is 0 Å². The van der Waals surface area contributed by atoms with Crippen molar-refractivity contribution in [1.82, 2.24) is 9.80 Å². The standard InChI is InChI=1S/C21H30N2O3/c1-26-21(25)19-7-4-18(5-8-19)16-22-14-10-17(11-15-22)6-9-20(24)23-12-2-3-13-23/h4-5,7-8,17H,2-3,6,9-16H2,1H3. The summed E-state index contributed by atoms with van der Waals surface area (Å²) >= 11 is 0. The second-order valence-electron chi connectivity index (χ2n) is 7.53. The molecule has 3 rings (SSSR count). The molecule has 0 saturated carbocycles. The van der Waals surface area contributed by atoms with Gasteiger partial charge in [-0.3, -0.25) is 9.69 Å². The molecule has 26 heavy (non-hydrogen) atoms. The monoisotopic (exact) mass is 358 g/mol. The third-order valence-corrected chi connectivity index (χ3v) is 5.71. The highest BCUT2D eigenvalue weighted by atomic mass is 16.5. The van der Waals surface area contributed by atoms with Gasteiger partial charge in [0.2, 0.25) is 5.91 Å². The van der Waals surface area contributed by atoms with Crippen LogP contribution < -0.4 is 0 Å². The van der Waals surface area contributed by atoms with Crippen LogP contribution >= 0.6 is 0 Å². The summed E-state index contributed by atoms with van der Waals surface area (Å²) in [4.78, 5) is 28.2. The molecule has 0 spiro atoms. The first-order valence-corrected chi connectivity index (χ1v) is 9.83. The van der Waals surface area contributed by atoms with Crippen LogP contribution in [0.3, 0.4) is 0 Å². The largest absolute Gasteiger partial charge is 0.465 e. The number of amides is 1. The van der Waals surface area contributed by atoms with E-state index in [2.05, 4.69) is 4.90 Å². The number of ether oxygens (including phenoxy) is 1. The first-order chi connectivity index (χ1) is 12.7.